The molecule has 30 heavy (non-hydrogen) atoms. The van der Waals surface area contributed by atoms with Gasteiger partial charge in [-0.2, -0.15) is 0 Å². The summed E-state index contributed by atoms with van der Waals surface area (Å²) in [7, 11) is -2.56. The van der Waals surface area contributed by atoms with Crippen LogP contribution in [0.5, 0.6) is 0 Å². The quantitative estimate of drug-likeness (QED) is 0.364. The molecule has 3 aliphatic heterocycles. The summed E-state index contributed by atoms with van der Waals surface area (Å²) in [5.41, 5.74) is 5.96. The van der Waals surface area contributed by atoms with Gasteiger partial charge in [0.05, 0.1) is 18.9 Å². The average Bonchev–Trinajstić information content (AvgIpc) is 3.21. The first-order chi connectivity index (χ1) is 14.2. The number of rotatable bonds is 5. The number of phosphoric ester groups is 1. The number of amidine groups is 1. The SMILES string of the molecule is C=C1N=C(N)C=CN1[C@@H]1S[C@@H]2COP(=O)(OCc3cnc([N+](=O)[O-])n3C)O[C@H]2[C@@H]1O. The molecule has 0 amide bonds. The number of hydrogen-bond donors (Lipinski definition) is 2. The molecule has 0 bridgehead atoms. The summed E-state index contributed by atoms with van der Waals surface area (Å²) >= 11 is 1.38. The molecule has 0 saturated carbocycles. The van der Waals surface area contributed by atoms with Crippen molar-refractivity contribution < 1.29 is 28.2 Å². The minimum Gasteiger partial charge on any atom is -0.390 e. The van der Waals surface area contributed by atoms with E-state index in [0.29, 0.717) is 17.4 Å². The molecule has 2 fully saturated rings. The summed E-state index contributed by atoms with van der Waals surface area (Å²) in [6.45, 7) is 3.58. The molecular weight excluding hydrogens is 439 g/mol. The second-order valence-electron chi connectivity index (χ2n) is 6.68. The normalized spacial score (nSPS) is 33.5. The number of nitrogens with two attached hydrogens (primary N) is 1. The Kier molecular flexibility index (Phi) is 5.46. The molecule has 4 rings (SSSR count). The number of fused-ring (bicyclic) bond motifs is 1. The Hall–Kier alpha value is -2.22. The van der Waals surface area contributed by atoms with Crippen molar-refractivity contribution in [2.45, 2.75) is 29.4 Å². The van der Waals surface area contributed by atoms with Gasteiger partial charge in [-0.05, 0) is 11.0 Å². The van der Waals surface area contributed by atoms with Crippen molar-refractivity contribution in [2.75, 3.05) is 6.61 Å². The lowest BCUT2D eigenvalue weighted by Crippen LogP contribution is -2.43. The Labute approximate surface area is 175 Å². The van der Waals surface area contributed by atoms with Crippen LogP contribution < -0.4 is 5.73 Å². The molecule has 0 aromatic carbocycles. The van der Waals surface area contributed by atoms with Crippen LogP contribution in [0.4, 0.5) is 5.95 Å². The van der Waals surface area contributed by atoms with Gasteiger partial charge in [-0.15, -0.1) is 11.8 Å². The predicted molar refractivity (Wildman–Crippen MR) is 106 cm³/mol. The van der Waals surface area contributed by atoms with Crippen molar-refractivity contribution in [3.05, 3.63) is 46.7 Å². The van der Waals surface area contributed by atoms with E-state index in [4.69, 9.17) is 19.3 Å². The number of aliphatic hydroxyl groups is 1. The summed E-state index contributed by atoms with van der Waals surface area (Å²) in [4.78, 5) is 19.7. The highest BCUT2D eigenvalue weighted by molar-refractivity contribution is 8.00. The van der Waals surface area contributed by atoms with Crippen LogP contribution in [0.1, 0.15) is 5.69 Å². The zero-order valence-electron chi connectivity index (χ0n) is 15.7. The second kappa shape index (κ2) is 7.80. The fourth-order valence-corrected chi connectivity index (χ4v) is 6.32. The Morgan fingerprint density at radius 1 is 1.60 bits per heavy atom. The highest BCUT2D eigenvalue weighted by Crippen LogP contribution is 2.59. The third-order valence-corrected chi connectivity index (χ3v) is 7.74. The molecule has 3 N–H and O–H groups in total. The lowest BCUT2D eigenvalue weighted by molar-refractivity contribution is -0.396. The summed E-state index contributed by atoms with van der Waals surface area (Å²) in [5, 5.41) is 20.9. The number of aliphatic imine (C=N–C) groups is 1. The number of imidazole rings is 1. The largest absolute Gasteiger partial charge is 0.475 e. The molecule has 162 valence electrons. The van der Waals surface area contributed by atoms with Crippen molar-refractivity contribution in [1.29, 1.82) is 0 Å². The molecule has 1 aromatic heterocycles. The van der Waals surface area contributed by atoms with Gasteiger partial charge in [-0.1, -0.05) is 11.6 Å². The third kappa shape index (κ3) is 3.77. The van der Waals surface area contributed by atoms with E-state index in [2.05, 4.69) is 16.6 Å². The molecule has 15 heteroatoms. The number of aliphatic hydroxyl groups excluding tert-OH is 1. The van der Waals surface area contributed by atoms with Gasteiger partial charge in [-0.25, -0.2) is 14.1 Å². The Bertz CT molecular complexity index is 996. The minimum atomic E-state index is -4.00. The predicted octanol–water partition coefficient (Wildman–Crippen LogP) is 0.828. The lowest BCUT2D eigenvalue weighted by atomic mass is 10.1. The zero-order valence-corrected chi connectivity index (χ0v) is 17.4. The summed E-state index contributed by atoms with van der Waals surface area (Å²) in [6, 6.07) is 0. The van der Waals surface area contributed by atoms with Gasteiger partial charge < -0.3 is 25.9 Å². The van der Waals surface area contributed by atoms with E-state index < -0.39 is 30.3 Å². The standard InChI is InChI=1S/C15H19N6O7PS/c1-8-18-11(16)3-4-20(8)14-12(22)13-10(30-14)7-27-29(25,28-13)26-6-9-5-17-15(19(9)2)21(23)24/h3-5,10,12-14,22H,1,6-7H2,2H3,(H2,16,18)/t10-,12+,13-,14-,29?/m1/s1. The topological polar surface area (TPSA) is 168 Å². The summed E-state index contributed by atoms with van der Waals surface area (Å²) in [6.07, 6.45) is 2.64. The van der Waals surface area contributed by atoms with Crippen LogP contribution in [0.2, 0.25) is 0 Å². The molecule has 2 saturated heterocycles. The number of aromatic nitrogens is 2. The van der Waals surface area contributed by atoms with Crippen LogP contribution in [0.15, 0.2) is 35.9 Å². The maximum atomic E-state index is 12.9. The van der Waals surface area contributed by atoms with Crippen LogP contribution in [0.25, 0.3) is 0 Å². The molecule has 1 aromatic rings. The molecule has 0 spiro atoms. The fraction of sp³-hybridized carbons (Fsp3) is 0.467. The smallest absolute Gasteiger partial charge is 0.390 e. The van der Waals surface area contributed by atoms with Crippen molar-refractivity contribution in [1.82, 2.24) is 14.5 Å². The van der Waals surface area contributed by atoms with Crippen LogP contribution in [-0.4, -0.2) is 59.8 Å². The number of nitrogens with zero attached hydrogens (tertiary/aromatic N) is 5. The van der Waals surface area contributed by atoms with Crippen LogP contribution >= 0.6 is 19.6 Å². The molecule has 5 atom stereocenters. The number of hydrogen-bond acceptors (Lipinski definition) is 12. The van der Waals surface area contributed by atoms with E-state index >= 15 is 0 Å². The monoisotopic (exact) mass is 458 g/mol. The lowest BCUT2D eigenvalue weighted by Gasteiger charge is -2.32. The van der Waals surface area contributed by atoms with Gasteiger partial charge in [0.25, 0.3) is 0 Å². The van der Waals surface area contributed by atoms with Crippen LogP contribution in [0.3, 0.4) is 0 Å². The van der Waals surface area contributed by atoms with Crippen molar-refractivity contribution in [3.63, 3.8) is 0 Å². The minimum absolute atomic E-state index is 0.0289. The van der Waals surface area contributed by atoms with E-state index in [1.165, 1.54) is 29.6 Å². The second-order valence-corrected chi connectivity index (χ2v) is 9.67. The van der Waals surface area contributed by atoms with Gasteiger partial charge in [0.15, 0.2) is 0 Å². The first kappa shape index (κ1) is 21.0. The van der Waals surface area contributed by atoms with Gasteiger partial charge in [0.2, 0.25) is 0 Å². The molecule has 4 heterocycles. The van der Waals surface area contributed by atoms with Crippen molar-refractivity contribution in [2.24, 2.45) is 17.8 Å². The summed E-state index contributed by atoms with van der Waals surface area (Å²) in [5.74, 6) is 0.295. The fourth-order valence-electron chi connectivity index (χ4n) is 3.23. The van der Waals surface area contributed by atoms with Gasteiger partial charge in [-0.3, -0.25) is 13.6 Å². The number of thioether (sulfide) groups is 1. The highest BCUT2D eigenvalue weighted by Gasteiger charge is 2.54. The molecule has 13 nitrogen and oxygen atoms in total. The van der Waals surface area contributed by atoms with E-state index in [0.717, 1.165) is 0 Å². The van der Waals surface area contributed by atoms with Gasteiger partial charge in [0, 0.05) is 6.20 Å². The van der Waals surface area contributed by atoms with E-state index in [9.17, 15) is 19.8 Å². The van der Waals surface area contributed by atoms with Crippen LogP contribution in [0, 0.1) is 10.1 Å². The van der Waals surface area contributed by atoms with Crippen molar-refractivity contribution >= 4 is 31.4 Å². The molecule has 1 unspecified atom stereocenters. The highest BCUT2D eigenvalue weighted by atomic mass is 32.2. The third-order valence-electron chi connectivity index (χ3n) is 4.79. The van der Waals surface area contributed by atoms with Crippen LogP contribution in [-0.2, 0) is 31.8 Å². The van der Waals surface area contributed by atoms with E-state index in [-0.39, 0.29) is 24.4 Å². The van der Waals surface area contributed by atoms with E-state index in [1.807, 2.05) is 0 Å². The maximum Gasteiger partial charge on any atom is 0.475 e. The molecule has 0 radical (unpaired) electrons. The Balaban J connectivity index is 1.43. The number of phosphoric acid groups is 1. The molecule has 0 aliphatic carbocycles. The van der Waals surface area contributed by atoms with E-state index in [1.54, 1.807) is 17.2 Å². The maximum absolute atomic E-state index is 12.9. The van der Waals surface area contributed by atoms with Gasteiger partial charge in [0.1, 0.15) is 47.7 Å². The van der Waals surface area contributed by atoms with Crippen molar-refractivity contribution in [3.8, 4) is 0 Å². The number of nitro groups is 1. The summed E-state index contributed by atoms with van der Waals surface area (Å²) < 4.78 is 30.3. The first-order valence-corrected chi connectivity index (χ1v) is 11.1. The Morgan fingerprint density at radius 3 is 3.03 bits per heavy atom. The Morgan fingerprint density at radius 2 is 2.37 bits per heavy atom. The average molecular weight is 458 g/mol. The molecule has 3 aliphatic rings. The van der Waals surface area contributed by atoms with Gasteiger partial charge >= 0.3 is 13.8 Å². The molecular formula is C15H19N6O7PS. The first-order valence-electron chi connectivity index (χ1n) is 8.74. The zero-order chi connectivity index (χ0) is 21.6.